The number of hydrogen-bond donors (Lipinski definition) is 1. The van der Waals surface area contributed by atoms with Crippen molar-refractivity contribution < 1.29 is 19.3 Å². The molecule has 1 rings (SSSR count). The Labute approximate surface area is 78.8 Å². The minimum Gasteiger partial charge on any atom is -0.376 e. The van der Waals surface area contributed by atoms with Gasteiger partial charge in [-0.25, -0.2) is 0 Å². The number of aliphatic hydroxyl groups is 1. The fraction of sp³-hybridized carbons (Fsp3) is 1.00. The molecular formula is C9H18O4. The maximum atomic E-state index is 9.40. The van der Waals surface area contributed by atoms with Gasteiger partial charge in [-0.15, -0.1) is 0 Å². The summed E-state index contributed by atoms with van der Waals surface area (Å²) in [7, 11) is 3.25. The van der Waals surface area contributed by atoms with Crippen molar-refractivity contribution in [3.8, 4) is 0 Å². The second kappa shape index (κ2) is 3.92. The highest BCUT2D eigenvalue weighted by Crippen LogP contribution is 2.32. The van der Waals surface area contributed by atoms with Gasteiger partial charge in [0.1, 0.15) is 6.10 Å². The van der Waals surface area contributed by atoms with Crippen LogP contribution in [0.25, 0.3) is 0 Å². The van der Waals surface area contributed by atoms with Crippen LogP contribution in [-0.2, 0) is 14.2 Å². The zero-order chi connectivity index (χ0) is 10.1. The Kier molecular flexibility index (Phi) is 3.29. The highest BCUT2D eigenvalue weighted by atomic mass is 16.6. The van der Waals surface area contributed by atoms with Crippen molar-refractivity contribution >= 4 is 0 Å². The van der Waals surface area contributed by atoms with Gasteiger partial charge in [0.15, 0.2) is 6.29 Å². The summed E-state index contributed by atoms with van der Waals surface area (Å²) >= 11 is 0. The summed E-state index contributed by atoms with van der Waals surface area (Å²) in [4.78, 5) is 0. The van der Waals surface area contributed by atoms with Crippen molar-refractivity contribution in [2.75, 3.05) is 14.2 Å². The fourth-order valence-corrected chi connectivity index (χ4v) is 1.97. The average molecular weight is 190 g/mol. The predicted molar refractivity (Wildman–Crippen MR) is 47.4 cm³/mol. The van der Waals surface area contributed by atoms with Gasteiger partial charge in [-0.2, -0.15) is 0 Å². The number of methoxy groups -OCH3 is 2. The molecule has 78 valence electrons. The van der Waals surface area contributed by atoms with Gasteiger partial charge in [-0.1, -0.05) is 0 Å². The van der Waals surface area contributed by atoms with Crippen molar-refractivity contribution in [3.05, 3.63) is 0 Å². The number of ether oxygens (including phenoxy) is 3. The minimum absolute atomic E-state index is 0.138. The second-order valence-corrected chi connectivity index (χ2v) is 3.67. The van der Waals surface area contributed by atoms with Crippen LogP contribution in [0.5, 0.6) is 0 Å². The molecule has 0 spiro atoms. The second-order valence-electron chi connectivity index (χ2n) is 3.67. The molecule has 1 aliphatic heterocycles. The lowest BCUT2D eigenvalue weighted by Gasteiger charge is -2.44. The van der Waals surface area contributed by atoms with E-state index in [1.54, 1.807) is 14.2 Å². The molecule has 4 heteroatoms. The van der Waals surface area contributed by atoms with Crippen LogP contribution in [0.3, 0.4) is 0 Å². The molecule has 0 aromatic rings. The molecule has 1 fully saturated rings. The fourth-order valence-electron chi connectivity index (χ4n) is 1.97. The summed E-state index contributed by atoms with van der Waals surface area (Å²) < 4.78 is 15.9. The lowest BCUT2D eigenvalue weighted by atomic mass is 9.88. The molecule has 0 bridgehead atoms. The molecule has 4 nitrogen and oxygen atoms in total. The van der Waals surface area contributed by atoms with E-state index in [4.69, 9.17) is 14.2 Å². The van der Waals surface area contributed by atoms with Crippen LogP contribution in [-0.4, -0.2) is 43.4 Å². The molecule has 1 heterocycles. The third-order valence-electron chi connectivity index (χ3n) is 2.70. The summed E-state index contributed by atoms with van der Waals surface area (Å²) in [6, 6.07) is 0. The van der Waals surface area contributed by atoms with Gasteiger partial charge in [0.2, 0.25) is 0 Å². The van der Waals surface area contributed by atoms with Crippen LogP contribution >= 0.6 is 0 Å². The molecule has 0 amide bonds. The molecule has 1 aliphatic rings. The van der Waals surface area contributed by atoms with E-state index in [-0.39, 0.29) is 12.2 Å². The minimum atomic E-state index is -0.758. The monoisotopic (exact) mass is 190 g/mol. The topological polar surface area (TPSA) is 47.9 Å². The summed E-state index contributed by atoms with van der Waals surface area (Å²) in [5, 5.41) is 9.40. The SMILES string of the molecule is CO[C@H]1C(C)O[C@@H](O)C[C@@]1(C)OC. The van der Waals surface area contributed by atoms with E-state index in [0.717, 1.165) is 0 Å². The van der Waals surface area contributed by atoms with E-state index < -0.39 is 11.9 Å². The smallest absolute Gasteiger partial charge is 0.157 e. The Morgan fingerprint density at radius 2 is 2.08 bits per heavy atom. The highest BCUT2D eigenvalue weighted by Gasteiger charge is 2.45. The van der Waals surface area contributed by atoms with Crippen molar-refractivity contribution in [1.82, 2.24) is 0 Å². The van der Waals surface area contributed by atoms with Gasteiger partial charge in [0.05, 0.1) is 11.7 Å². The number of rotatable bonds is 2. The van der Waals surface area contributed by atoms with E-state index in [2.05, 4.69) is 0 Å². The zero-order valence-corrected chi connectivity index (χ0v) is 8.61. The van der Waals surface area contributed by atoms with Gasteiger partial charge in [-0.3, -0.25) is 0 Å². The van der Waals surface area contributed by atoms with E-state index in [0.29, 0.717) is 6.42 Å². The Bertz CT molecular complexity index is 173. The number of aliphatic hydroxyl groups excluding tert-OH is 1. The summed E-state index contributed by atoms with van der Waals surface area (Å²) in [6.07, 6.45) is -0.613. The van der Waals surface area contributed by atoms with Gasteiger partial charge in [-0.05, 0) is 13.8 Å². The maximum Gasteiger partial charge on any atom is 0.157 e. The van der Waals surface area contributed by atoms with E-state index in [1.165, 1.54) is 0 Å². The molecule has 0 saturated carbocycles. The van der Waals surface area contributed by atoms with E-state index >= 15 is 0 Å². The van der Waals surface area contributed by atoms with Gasteiger partial charge in [0, 0.05) is 20.6 Å². The molecular weight excluding hydrogens is 172 g/mol. The first kappa shape index (κ1) is 10.9. The van der Waals surface area contributed by atoms with Gasteiger partial charge in [0.25, 0.3) is 0 Å². The molecule has 0 aromatic heterocycles. The Morgan fingerprint density at radius 1 is 1.46 bits per heavy atom. The van der Waals surface area contributed by atoms with Crippen LogP contribution < -0.4 is 0 Å². The highest BCUT2D eigenvalue weighted by molar-refractivity contribution is 4.93. The predicted octanol–water partition coefficient (Wildman–Crippen LogP) is 0.534. The van der Waals surface area contributed by atoms with Crippen LogP contribution in [0.1, 0.15) is 20.3 Å². The molecule has 1 N–H and O–H groups in total. The van der Waals surface area contributed by atoms with Crippen LogP contribution in [0, 0.1) is 0 Å². The molecule has 0 aromatic carbocycles. The standard InChI is InChI=1S/C9H18O4/c1-6-8(11-3)9(2,12-4)5-7(10)13-6/h6-8,10H,5H2,1-4H3/t6?,7-,8+,9-/m1/s1. The van der Waals surface area contributed by atoms with E-state index in [1.807, 2.05) is 13.8 Å². The average Bonchev–Trinajstić information content (AvgIpc) is 2.03. The first-order valence-corrected chi connectivity index (χ1v) is 4.45. The molecule has 0 aliphatic carbocycles. The largest absolute Gasteiger partial charge is 0.376 e. The van der Waals surface area contributed by atoms with Crippen molar-refractivity contribution in [2.45, 2.75) is 44.4 Å². The third-order valence-corrected chi connectivity index (χ3v) is 2.70. The molecule has 13 heavy (non-hydrogen) atoms. The quantitative estimate of drug-likeness (QED) is 0.690. The summed E-state index contributed by atoms with van der Waals surface area (Å²) in [5.74, 6) is 0. The van der Waals surface area contributed by atoms with Gasteiger partial charge >= 0.3 is 0 Å². The summed E-state index contributed by atoms with van der Waals surface area (Å²) in [6.45, 7) is 3.79. The molecule has 1 unspecified atom stereocenters. The van der Waals surface area contributed by atoms with Crippen molar-refractivity contribution in [1.29, 1.82) is 0 Å². The third kappa shape index (κ3) is 2.02. The Morgan fingerprint density at radius 3 is 2.54 bits per heavy atom. The van der Waals surface area contributed by atoms with Crippen LogP contribution in [0.15, 0.2) is 0 Å². The lowest BCUT2D eigenvalue weighted by Crippen LogP contribution is -2.56. The normalized spacial score (nSPS) is 46.4. The Balaban J connectivity index is 2.77. The number of hydrogen-bond acceptors (Lipinski definition) is 4. The molecule has 4 atom stereocenters. The van der Waals surface area contributed by atoms with Crippen molar-refractivity contribution in [3.63, 3.8) is 0 Å². The van der Waals surface area contributed by atoms with E-state index in [9.17, 15) is 5.11 Å². The maximum absolute atomic E-state index is 9.40. The molecule has 0 radical (unpaired) electrons. The Hall–Kier alpha value is -0.160. The van der Waals surface area contributed by atoms with Gasteiger partial charge < -0.3 is 19.3 Å². The first-order chi connectivity index (χ1) is 6.03. The van der Waals surface area contributed by atoms with Crippen LogP contribution in [0.4, 0.5) is 0 Å². The van der Waals surface area contributed by atoms with Crippen molar-refractivity contribution in [2.24, 2.45) is 0 Å². The zero-order valence-electron chi connectivity index (χ0n) is 8.61. The van der Waals surface area contributed by atoms with Crippen LogP contribution in [0.2, 0.25) is 0 Å². The lowest BCUT2D eigenvalue weighted by molar-refractivity contribution is -0.269. The summed E-state index contributed by atoms with van der Waals surface area (Å²) in [5.41, 5.74) is -0.466. The molecule has 1 saturated heterocycles. The first-order valence-electron chi connectivity index (χ1n) is 4.45.